The number of amides is 3. The van der Waals surface area contributed by atoms with Crippen molar-refractivity contribution in [3.8, 4) is 5.75 Å². The first-order chi connectivity index (χ1) is 17.1. The van der Waals surface area contributed by atoms with Crippen molar-refractivity contribution in [2.24, 2.45) is 5.92 Å². The maximum absolute atomic E-state index is 13.8. The van der Waals surface area contributed by atoms with Crippen LogP contribution in [-0.2, 0) is 9.59 Å². The van der Waals surface area contributed by atoms with E-state index in [1.807, 2.05) is 47.4 Å². The summed E-state index contributed by atoms with van der Waals surface area (Å²) >= 11 is 0. The Morgan fingerprint density at radius 2 is 1.80 bits per heavy atom. The standard InChI is InChI=1S/C28H27N3O4/c32-26-16-35-25-12-11-21(15-22(25)30-26)29-27(33)24-14-19-7-3-4-8-23(19)31(24)28(34)20-10-9-17-5-1-2-6-18(17)13-20/h1-2,5-6,9-13,15,19,23-24H,3-4,7-8,14,16H2,(H,29,33)(H,30,32)/t19-,23-,24-/m0/s1. The molecule has 3 aliphatic rings. The van der Waals surface area contributed by atoms with Crippen LogP contribution >= 0.6 is 0 Å². The average Bonchev–Trinajstić information content (AvgIpc) is 3.27. The van der Waals surface area contributed by atoms with Crippen molar-refractivity contribution in [3.05, 3.63) is 66.2 Å². The van der Waals surface area contributed by atoms with Gasteiger partial charge in [0.05, 0.1) is 5.69 Å². The van der Waals surface area contributed by atoms with Gasteiger partial charge in [-0.15, -0.1) is 0 Å². The van der Waals surface area contributed by atoms with Gasteiger partial charge < -0.3 is 20.3 Å². The Bertz CT molecular complexity index is 1340. The van der Waals surface area contributed by atoms with E-state index in [0.717, 1.165) is 36.5 Å². The Balaban J connectivity index is 1.28. The van der Waals surface area contributed by atoms with Crippen molar-refractivity contribution in [2.45, 2.75) is 44.2 Å². The lowest BCUT2D eigenvalue weighted by atomic mass is 9.84. The van der Waals surface area contributed by atoms with Gasteiger partial charge in [-0.05, 0) is 66.3 Å². The highest BCUT2D eigenvalue weighted by atomic mass is 16.5. The first kappa shape index (κ1) is 21.6. The number of benzene rings is 3. The van der Waals surface area contributed by atoms with E-state index in [1.54, 1.807) is 18.2 Å². The molecule has 3 amide bonds. The minimum atomic E-state index is -0.538. The molecule has 7 nitrogen and oxygen atoms in total. The molecule has 2 N–H and O–H groups in total. The fourth-order valence-electron chi connectivity index (χ4n) is 5.84. The van der Waals surface area contributed by atoms with Gasteiger partial charge in [0, 0.05) is 17.3 Å². The van der Waals surface area contributed by atoms with Crippen molar-refractivity contribution in [1.82, 2.24) is 4.90 Å². The number of nitrogens with one attached hydrogen (secondary N) is 2. The molecule has 1 saturated carbocycles. The highest BCUT2D eigenvalue weighted by Gasteiger charge is 2.47. The van der Waals surface area contributed by atoms with Crippen molar-refractivity contribution >= 4 is 39.9 Å². The molecule has 35 heavy (non-hydrogen) atoms. The second-order valence-corrected chi connectivity index (χ2v) is 9.67. The second-order valence-electron chi connectivity index (χ2n) is 9.67. The molecule has 6 rings (SSSR count). The average molecular weight is 470 g/mol. The summed E-state index contributed by atoms with van der Waals surface area (Å²) in [5.74, 6) is 0.392. The Morgan fingerprint density at radius 3 is 2.69 bits per heavy atom. The molecule has 2 aliphatic heterocycles. The fourth-order valence-corrected chi connectivity index (χ4v) is 5.84. The van der Waals surface area contributed by atoms with Crippen molar-refractivity contribution in [2.75, 3.05) is 17.2 Å². The summed E-state index contributed by atoms with van der Waals surface area (Å²) in [6.07, 6.45) is 4.84. The molecule has 7 heteroatoms. The summed E-state index contributed by atoms with van der Waals surface area (Å²) in [7, 11) is 0. The maximum atomic E-state index is 13.8. The minimum absolute atomic E-state index is 0.0185. The van der Waals surface area contributed by atoms with Gasteiger partial charge in [0.15, 0.2) is 6.61 Å². The number of likely N-dealkylation sites (tertiary alicyclic amines) is 1. The molecule has 178 valence electrons. The third-order valence-electron chi connectivity index (χ3n) is 7.50. The van der Waals surface area contributed by atoms with Crippen LogP contribution in [0.3, 0.4) is 0 Å². The molecule has 0 radical (unpaired) electrons. The van der Waals surface area contributed by atoms with E-state index in [4.69, 9.17) is 4.74 Å². The largest absolute Gasteiger partial charge is 0.482 e. The Labute approximate surface area is 203 Å². The van der Waals surface area contributed by atoms with Gasteiger partial charge in [-0.1, -0.05) is 43.2 Å². The minimum Gasteiger partial charge on any atom is -0.482 e. The molecule has 0 spiro atoms. The van der Waals surface area contributed by atoms with Gasteiger partial charge in [0.25, 0.3) is 11.8 Å². The van der Waals surface area contributed by atoms with Gasteiger partial charge in [0.1, 0.15) is 11.8 Å². The number of nitrogens with zero attached hydrogens (tertiary/aromatic N) is 1. The third-order valence-corrected chi connectivity index (χ3v) is 7.50. The molecule has 3 aromatic rings. The van der Waals surface area contributed by atoms with Gasteiger partial charge >= 0.3 is 0 Å². The van der Waals surface area contributed by atoms with E-state index in [0.29, 0.717) is 35.0 Å². The number of hydrogen-bond donors (Lipinski definition) is 2. The molecule has 2 heterocycles. The van der Waals surface area contributed by atoms with Crippen LogP contribution in [0, 0.1) is 5.92 Å². The number of hydrogen-bond acceptors (Lipinski definition) is 4. The predicted molar refractivity (Wildman–Crippen MR) is 133 cm³/mol. The Hall–Kier alpha value is -3.87. The van der Waals surface area contributed by atoms with Crippen molar-refractivity contribution in [3.63, 3.8) is 0 Å². The number of carbonyl (C=O) groups is 3. The molecule has 2 fully saturated rings. The maximum Gasteiger partial charge on any atom is 0.262 e. The van der Waals surface area contributed by atoms with Crippen LogP contribution in [0.1, 0.15) is 42.5 Å². The number of fused-ring (bicyclic) bond motifs is 3. The van der Waals surface area contributed by atoms with E-state index in [2.05, 4.69) is 10.6 Å². The number of ether oxygens (including phenoxy) is 1. The molecular weight excluding hydrogens is 442 g/mol. The van der Waals surface area contributed by atoms with Gasteiger partial charge in [-0.2, -0.15) is 0 Å². The third kappa shape index (κ3) is 4.01. The van der Waals surface area contributed by atoms with Crippen molar-refractivity contribution < 1.29 is 19.1 Å². The highest BCUT2D eigenvalue weighted by Crippen LogP contribution is 2.41. The molecule has 0 bridgehead atoms. The quantitative estimate of drug-likeness (QED) is 0.588. The van der Waals surface area contributed by atoms with Crippen molar-refractivity contribution in [1.29, 1.82) is 0 Å². The summed E-state index contributed by atoms with van der Waals surface area (Å²) in [5.41, 5.74) is 1.71. The first-order valence-corrected chi connectivity index (χ1v) is 12.3. The highest BCUT2D eigenvalue weighted by molar-refractivity contribution is 6.04. The lowest BCUT2D eigenvalue weighted by Crippen LogP contribution is -2.47. The summed E-state index contributed by atoms with van der Waals surface area (Å²) in [6.45, 7) is -0.0185. The van der Waals surface area contributed by atoms with Crippen LogP contribution in [0.15, 0.2) is 60.7 Å². The molecule has 0 aromatic heterocycles. The smallest absolute Gasteiger partial charge is 0.262 e. The zero-order valence-corrected chi connectivity index (χ0v) is 19.3. The predicted octanol–water partition coefficient (Wildman–Crippen LogP) is 4.58. The zero-order chi connectivity index (χ0) is 23.9. The van der Waals surface area contributed by atoms with Crippen LogP contribution in [0.5, 0.6) is 5.75 Å². The first-order valence-electron chi connectivity index (χ1n) is 12.3. The van der Waals surface area contributed by atoms with Gasteiger partial charge in [-0.3, -0.25) is 14.4 Å². The lowest BCUT2D eigenvalue weighted by molar-refractivity contribution is -0.120. The fraction of sp³-hybridized carbons (Fsp3) is 0.321. The molecule has 1 saturated heterocycles. The van der Waals surface area contributed by atoms with Crippen LogP contribution in [0.25, 0.3) is 10.8 Å². The van der Waals surface area contributed by atoms with E-state index in [9.17, 15) is 14.4 Å². The summed E-state index contributed by atoms with van der Waals surface area (Å²) in [5, 5.41) is 7.85. The van der Waals surface area contributed by atoms with Gasteiger partial charge in [-0.25, -0.2) is 0 Å². The van der Waals surface area contributed by atoms with E-state index >= 15 is 0 Å². The molecule has 3 atom stereocenters. The lowest BCUT2D eigenvalue weighted by Gasteiger charge is -2.33. The molecular formula is C28H27N3O4. The monoisotopic (exact) mass is 469 g/mol. The topological polar surface area (TPSA) is 87.7 Å². The number of anilines is 2. The molecule has 3 aromatic carbocycles. The van der Waals surface area contributed by atoms with Crippen LogP contribution in [-0.4, -0.2) is 41.3 Å². The summed E-state index contributed by atoms with van der Waals surface area (Å²) in [4.78, 5) is 40.9. The summed E-state index contributed by atoms with van der Waals surface area (Å²) in [6, 6.07) is 18.5. The van der Waals surface area contributed by atoms with E-state index < -0.39 is 6.04 Å². The van der Waals surface area contributed by atoms with Crippen LogP contribution < -0.4 is 15.4 Å². The SMILES string of the molecule is O=C1COc2ccc(NC(=O)[C@@H]3C[C@@H]4CCCC[C@@H]4N3C(=O)c3ccc4ccccc4c3)cc2N1. The van der Waals surface area contributed by atoms with Crippen LogP contribution in [0.4, 0.5) is 11.4 Å². The van der Waals surface area contributed by atoms with E-state index in [1.165, 1.54) is 0 Å². The Morgan fingerprint density at radius 1 is 0.971 bits per heavy atom. The van der Waals surface area contributed by atoms with Gasteiger partial charge in [0.2, 0.25) is 5.91 Å². The Kier molecular flexibility index (Phi) is 5.40. The van der Waals surface area contributed by atoms with Crippen LogP contribution in [0.2, 0.25) is 0 Å². The summed E-state index contributed by atoms with van der Waals surface area (Å²) < 4.78 is 5.41. The van der Waals surface area contributed by atoms with E-state index in [-0.39, 0.29) is 30.4 Å². The number of rotatable bonds is 3. The molecule has 0 unspecified atom stereocenters. The zero-order valence-electron chi connectivity index (χ0n) is 19.3. The normalized spacial score (nSPS) is 23.1. The number of carbonyl (C=O) groups excluding carboxylic acids is 3. The second kappa shape index (κ2) is 8.73. The molecule has 1 aliphatic carbocycles.